The predicted octanol–water partition coefficient (Wildman–Crippen LogP) is 3.70. The van der Waals surface area contributed by atoms with Crippen LogP contribution in [0.5, 0.6) is 0 Å². The molecule has 3 aliphatic rings. The molecule has 0 spiro atoms. The largest absolute Gasteiger partial charge is 0.351 e. The molecule has 1 unspecified atom stereocenters. The first-order valence-corrected chi connectivity index (χ1v) is 8.31. The molecule has 3 fully saturated rings. The Labute approximate surface area is 130 Å². The van der Waals surface area contributed by atoms with E-state index in [-0.39, 0.29) is 5.91 Å². The lowest BCUT2D eigenvalue weighted by Gasteiger charge is -2.52. The molecule has 3 atom stereocenters. The van der Waals surface area contributed by atoms with Crippen LogP contribution in [0.4, 0.5) is 0 Å². The second kappa shape index (κ2) is 4.99. The van der Waals surface area contributed by atoms with Crippen molar-refractivity contribution in [3.63, 3.8) is 0 Å². The van der Waals surface area contributed by atoms with Crippen LogP contribution < -0.4 is 0 Å². The van der Waals surface area contributed by atoms with Crippen molar-refractivity contribution >= 4 is 17.5 Å². The monoisotopic (exact) mass is 305 g/mol. The minimum Gasteiger partial charge on any atom is -0.351 e. The topological polar surface area (TPSA) is 29.5 Å². The van der Waals surface area contributed by atoms with Gasteiger partial charge in [-0.1, -0.05) is 36.6 Å². The number of fused-ring (bicyclic) bond motifs is 3. The van der Waals surface area contributed by atoms with Crippen LogP contribution in [0.25, 0.3) is 0 Å². The van der Waals surface area contributed by atoms with Crippen molar-refractivity contribution in [1.29, 1.82) is 0 Å². The molecule has 4 rings (SSSR count). The summed E-state index contributed by atoms with van der Waals surface area (Å²) in [4.78, 5) is 14.6. The highest BCUT2D eigenvalue weighted by atomic mass is 35.5. The first-order valence-electron chi connectivity index (χ1n) is 7.93. The number of carbonyl (C=O) groups is 1. The molecule has 1 amide bonds. The van der Waals surface area contributed by atoms with Crippen molar-refractivity contribution < 1.29 is 9.53 Å². The maximum Gasteiger partial charge on any atom is 0.225 e. The summed E-state index contributed by atoms with van der Waals surface area (Å²) in [5.74, 6) is 0.766. The second-order valence-electron chi connectivity index (χ2n) is 6.48. The molecule has 0 bridgehead atoms. The number of benzene rings is 1. The molecule has 4 heteroatoms. The standard InChI is InChI=1S/C17H20ClNO2/c18-14-7-5-13(6-8-14)17-10-9-16(20)19(17)15-4-2-1-3-12(15)11-21-17/h5-8,12,15H,1-4,9-11H2/t12-,15-,17?/m1/s1. The van der Waals surface area contributed by atoms with Gasteiger partial charge in [0.1, 0.15) is 0 Å². The Hall–Kier alpha value is -1.06. The lowest BCUT2D eigenvalue weighted by Crippen LogP contribution is -2.59. The van der Waals surface area contributed by atoms with Gasteiger partial charge >= 0.3 is 0 Å². The van der Waals surface area contributed by atoms with Crippen molar-refractivity contribution in [2.24, 2.45) is 5.92 Å². The summed E-state index contributed by atoms with van der Waals surface area (Å²) >= 11 is 6.01. The van der Waals surface area contributed by atoms with E-state index in [1.54, 1.807) is 0 Å². The van der Waals surface area contributed by atoms with Crippen LogP contribution in [-0.2, 0) is 15.3 Å². The van der Waals surface area contributed by atoms with Gasteiger partial charge < -0.3 is 9.64 Å². The molecule has 21 heavy (non-hydrogen) atoms. The van der Waals surface area contributed by atoms with E-state index in [0.29, 0.717) is 18.4 Å². The number of ether oxygens (including phenoxy) is 1. The Balaban J connectivity index is 1.76. The van der Waals surface area contributed by atoms with Crippen LogP contribution in [0, 0.1) is 5.92 Å². The number of carbonyl (C=O) groups excluding carboxylic acids is 1. The summed E-state index contributed by atoms with van der Waals surface area (Å²) in [5.41, 5.74) is 0.530. The summed E-state index contributed by atoms with van der Waals surface area (Å²) in [7, 11) is 0. The van der Waals surface area contributed by atoms with Crippen LogP contribution in [0.1, 0.15) is 44.1 Å². The zero-order chi connectivity index (χ0) is 14.4. The Morgan fingerprint density at radius 3 is 2.76 bits per heavy atom. The van der Waals surface area contributed by atoms with Gasteiger partial charge in [0.05, 0.1) is 6.61 Å². The quantitative estimate of drug-likeness (QED) is 0.791. The third-order valence-corrected chi connectivity index (χ3v) is 5.62. The number of hydrogen-bond donors (Lipinski definition) is 0. The molecular weight excluding hydrogens is 286 g/mol. The van der Waals surface area contributed by atoms with Crippen molar-refractivity contribution in [2.75, 3.05) is 6.61 Å². The number of halogens is 1. The maximum atomic E-state index is 12.5. The zero-order valence-corrected chi connectivity index (χ0v) is 12.8. The van der Waals surface area contributed by atoms with Gasteiger partial charge in [0, 0.05) is 35.4 Å². The smallest absolute Gasteiger partial charge is 0.225 e. The fraction of sp³-hybridized carbons (Fsp3) is 0.588. The van der Waals surface area contributed by atoms with Gasteiger partial charge in [-0.05, 0) is 25.0 Å². The molecule has 112 valence electrons. The van der Waals surface area contributed by atoms with Crippen LogP contribution in [-0.4, -0.2) is 23.5 Å². The van der Waals surface area contributed by atoms with Crippen LogP contribution in [0.15, 0.2) is 24.3 Å². The Morgan fingerprint density at radius 1 is 1.19 bits per heavy atom. The lowest BCUT2D eigenvalue weighted by molar-refractivity contribution is -0.221. The van der Waals surface area contributed by atoms with E-state index in [9.17, 15) is 4.79 Å². The first kappa shape index (κ1) is 13.6. The van der Waals surface area contributed by atoms with Gasteiger partial charge in [0.25, 0.3) is 0 Å². The van der Waals surface area contributed by atoms with Crippen LogP contribution in [0.3, 0.4) is 0 Å². The predicted molar refractivity (Wildman–Crippen MR) is 80.9 cm³/mol. The number of rotatable bonds is 1. The van der Waals surface area contributed by atoms with E-state index >= 15 is 0 Å². The molecule has 2 saturated heterocycles. The van der Waals surface area contributed by atoms with Crippen molar-refractivity contribution in [3.8, 4) is 0 Å². The van der Waals surface area contributed by atoms with Gasteiger partial charge in [-0.15, -0.1) is 0 Å². The first-order chi connectivity index (χ1) is 10.2. The molecule has 1 saturated carbocycles. The summed E-state index contributed by atoms with van der Waals surface area (Å²) in [5, 5.41) is 0.720. The van der Waals surface area contributed by atoms with Gasteiger partial charge in [0.15, 0.2) is 5.72 Å². The highest BCUT2D eigenvalue weighted by Crippen LogP contribution is 2.49. The summed E-state index contributed by atoms with van der Waals surface area (Å²) in [6, 6.07) is 8.17. The molecule has 0 radical (unpaired) electrons. The van der Waals surface area contributed by atoms with E-state index in [2.05, 4.69) is 4.90 Å². The SMILES string of the molecule is O=C1CCC2(c3ccc(Cl)cc3)OC[C@H]3CCCC[C@H]3N12. The van der Waals surface area contributed by atoms with Crippen molar-refractivity contribution in [3.05, 3.63) is 34.9 Å². The highest BCUT2D eigenvalue weighted by Gasteiger charge is 2.55. The Kier molecular flexibility index (Phi) is 3.23. The summed E-state index contributed by atoms with van der Waals surface area (Å²) in [6.45, 7) is 0.775. The van der Waals surface area contributed by atoms with Crippen LogP contribution in [0.2, 0.25) is 5.02 Å². The van der Waals surface area contributed by atoms with E-state index in [0.717, 1.165) is 30.0 Å². The van der Waals surface area contributed by atoms with Crippen molar-refractivity contribution in [2.45, 2.75) is 50.3 Å². The molecule has 2 aliphatic heterocycles. The van der Waals surface area contributed by atoms with Gasteiger partial charge in [0.2, 0.25) is 5.91 Å². The normalized spacial score (nSPS) is 35.5. The average Bonchev–Trinajstić information content (AvgIpc) is 2.87. The van der Waals surface area contributed by atoms with E-state index in [1.165, 1.54) is 19.3 Å². The summed E-state index contributed by atoms with van der Waals surface area (Å²) < 4.78 is 6.32. The third kappa shape index (κ3) is 2.01. The molecule has 2 heterocycles. The average molecular weight is 306 g/mol. The fourth-order valence-electron chi connectivity index (χ4n) is 4.36. The molecule has 0 aromatic heterocycles. The summed E-state index contributed by atoms with van der Waals surface area (Å²) in [6.07, 6.45) is 6.14. The van der Waals surface area contributed by atoms with E-state index in [4.69, 9.17) is 16.3 Å². The Morgan fingerprint density at radius 2 is 1.95 bits per heavy atom. The molecule has 3 nitrogen and oxygen atoms in total. The van der Waals surface area contributed by atoms with Gasteiger partial charge in [-0.2, -0.15) is 0 Å². The van der Waals surface area contributed by atoms with Gasteiger partial charge in [-0.3, -0.25) is 4.79 Å². The minimum absolute atomic E-state index is 0.251. The van der Waals surface area contributed by atoms with Crippen molar-refractivity contribution in [1.82, 2.24) is 4.90 Å². The number of amides is 1. The molecule has 1 aliphatic carbocycles. The zero-order valence-electron chi connectivity index (χ0n) is 12.1. The highest BCUT2D eigenvalue weighted by molar-refractivity contribution is 6.30. The molecular formula is C17H20ClNO2. The minimum atomic E-state index is -0.541. The maximum absolute atomic E-state index is 12.5. The molecule has 1 aromatic carbocycles. The molecule has 1 aromatic rings. The third-order valence-electron chi connectivity index (χ3n) is 5.37. The number of nitrogens with zero attached hydrogens (tertiary/aromatic N) is 1. The fourth-order valence-corrected chi connectivity index (χ4v) is 4.48. The Bertz CT molecular complexity index is 558. The van der Waals surface area contributed by atoms with Gasteiger partial charge in [-0.25, -0.2) is 0 Å². The second-order valence-corrected chi connectivity index (χ2v) is 6.91. The van der Waals surface area contributed by atoms with E-state index < -0.39 is 5.72 Å². The number of hydrogen-bond acceptors (Lipinski definition) is 2. The van der Waals surface area contributed by atoms with Crippen LogP contribution >= 0.6 is 11.6 Å². The lowest BCUT2D eigenvalue weighted by atomic mass is 9.81. The molecule has 0 N–H and O–H groups in total. The van der Waals surface area contributed by atoms with E-state index in [1.807, 2.05) is 24.3 Å².